The van der Waals surface area contributed by atoms with Gasteiger partial charge in [-0.25, -0.2) is 9.78 Å². The van der Waals surface area contributed by atoms with E-state index in [-0.39, 0.29) is 5.91 Å². The van der Waals surface area contributed by atoms with Crippen LogP contribution in [0.15, 0.2) is 5.38 Å². The lowest BCUT2D eigenvalue weighted by atomic mass is 10.0. The first kappa shape index (κ1) is 15.0. The van der Waals surface area contributed by atoms with Gasteiger partial charge >= 0.3 is 5.97 Å². The minimum atomic E-state index is -0.881. The van der Waals surface area contributed by atoms with Gasteiger partial charge in [-0.3, -0.25) is 4.79 Å². The van der Waals surface area contributed by atoms with Gasteiger partial charge in [-0.05, 0) is 39.0 Å². The van der Waals surface area contributed by atoms with Gasteiger partial charge in [0.15, 0.2) is 0 Å². The number of hydrogen-bond acceptors (Lipinski definition) is 4. The van der Waals surface area contributed by atoms with E-state index >= 15 is 0 Å². The molecule has 110 valence electrons. The Labute approximate surface area is 122 Å². The van der Waals surface area contributed by atoms with Crippen molar-refractivity contribution in [2.24, 2.45) is 0 Å². The van der Waals surface area contributed by atoms with Crippen molar-refractivity contribution >= 4 is 23.2 Å². The van der Waals surface area contributed by atoms with Crippen molar-refractivity contribution in [3.63, 3.8) is 0 Å². The summed E-state index contributed by atoms with van der Waals surface area (Å²) in [6.45, 7) is 2.54. The Morgan fingerprint density at radius 1 is 1.50 bits per heavy atom. The largest absolute Gasteiger partial charge is 0.480 e. The minimum absolute atomic E-state index is 0.0379. The molecular weight excluding hydrogens is 276 g/mol. The van der Waals surface area contributed by atoms with Crippen LogP contribution in [0.1, 0.15) is 42.8 Å². The van der Waals surface area contributed by atoms with E-state index < -0.39 is 12.0 Å². The molecule has 0 saturated carbocycles. The summed E-state index contributed by atoms with van der Waals surface area (Å²) in [5.41, 5.74) is 1.02. The molecule has 1 atom stereocenters. The number of carbonyl (C=O) groups excluding carboxylic acids is 1. The number of aryl methyl sites for hydroxylation is 2. The van der Waals surface area contributed by atoms with Gasteiger partial charge in [-0.1, -0.05) is 0 Å². The normalized spacial score (nSPS) is 19.1. The van der Waals surface area contributed by atoms with Crippen LogP contribution in [0.2, 0.25) is 0 Å². The number of carbonyl (C=O) groups is 2. The van der Waals surface area contributed by atoms with Crippen molar-refractivity contribution in [1.82, 2.24) is 9.88 Å². The SMILES string of the molecule is Cc1nc(CCCC(=O)N2CCCC[C@@H]2C(=O)O)cs1. The minimum Gasteiger partial charge on any atom is -0.480 e. The van der Waals surface area contributed by atoms with E-state index in [1.54, 1.807) is 11.3 Å². The fourth-order valence-corrected chi connectivity index (χ4v) is 3.22. The van der Waals surface area contributed by atoms with Crippen LogP contribution in [0, 0.1) is 6.92 Å². The number of hydrogen-bond donors (Lipinski definition) is 1. The van der Waals surface area contributed by atoms with Crippen molar-refractivity contribution in [3.05, 3.63) is 16.1 Å². The van der Waals surface area contributed by atoms with Crippen LogP contribution in [0.25, 0.3) is 0 Å². The summed E-state index contributed by atoms with van der Waals surface area (Å²) in [5, 5.41) is 12.2. The molecule has 1 aromatic heterocycles. The van der Waals surface area contributed by atoms with Crippen molar-refractivity contribution in [1.29, 1.82) is 0 Å². The molecule has 0 aromatic carbocycles. The van der Waals surface area contributed by atoms with Gasteiger partial charge in [0.1, 0.15) is 6.04 Å². The van der Waals surface area contributed by atoms with Crippen molar-refractivity contribution < 1.29 is 14.7 Å². The molecule has 1 amide bonds. The molecule has 1 saturated heterocycles. The Morgan fingerprint density at radius 2 is 2.30 bits per heavy atom. The first-order valence-corrected chi connectivity index (χ1v) is 7.89. The van der Waals surface area contributed by atoms with Gasteiger partial charge in [-0.2, -0.15) is 0 Å². The van der Waals surface area contributed by atoms with Crippen molar-refractivity contribution in [3.8, 4) is 0 Å². The lowest BCUT2D eigenvalue weighted by Crippen LogP contribution is -2.47. The van der Waals surface area contributed by atoms with E-state index in [4.69, 9.17) is 5.11 Å². The third kappa shape index (κ3) is 3.79. The van der Waals surface area contributed by atoms with E-state index in [0.29, 0.717) is 19.4 Å². The van der Waals surface area contributed by atoms with Crippen LogP contribution in [0.5, 0.6) is 0 Å². The van der Waals surface area contributed by atoms with Crippen LogP contribution < -0.4 is 0 Å². The summed E-state index contributed by atoms with van der Waals surface area (Å²) >= 11 is 1.61. The molecule has 6 heteroatoms. The molecule has 1 fully saturated rings. The molecule has 0 unspecified atom stereocenters. The second-order valence-electron chi connectivity index (χ2n) is 5.15. The number of piperidine rings is 1. The molecule has 5 nitrogen and oxygen atoms in total. The standard InChI is InChI=1S/C14H20N2O3S/c1-10-15-11(9-20-10)5-4-7-13(17)16-8-3-2-6-12(16)14(18)19/h9,12H,2-8H2,1H3,(H,18,19)/t12-/m1/s1. The zero-order valence-corrected chi connectivity index (χ0v) is 12.5. The van der Waals surface area contributed by atoms with Crippen LogP contribution >= 0.6 is 11.3 Å². The van der Waals surface area contributed by atoms with Gasteiger partial charge in [-0.15, -0.1) is 11.3 Å². The monoisotopic (exact) mass is 296 g/mol. The highest BCUT2D eigenvalue weighted by Crippen LogP contribution is 2.19. The van der Waals surface area contributed by atoms with E-state index in [0.717, 1.165) is 36.4 Å². The topological polar surface area (TPSA) is 70.5 Å². The number of rotatable bonds is 5. The lowest BCUT2D eigenvalue weighted by molar-refractivity contribution is -0.152. The number of aromatic nitrogens is 1. The number of likely N-dealkylation sites (tertiary alicyclic amines) is 1. The van der Waals surface area contributed by atoms with Crippen LogP contribution in [-0.2, 0) is 16.0 Å². The summed E-state index contributed by atoms with van der Waals surface area (Å²) in [5.74, 6) is -0.919. The molecule has 1 aromatic rings. The van der Waals surface area contributed by atoms with E-state index in [2.05, 4.69) is 4.98 Å². The highest BCUT2D eigenvalue weighted by molar-refractivity contribution is 7.09. The summed E-state index contributed by atoms with van der Waals surface area (Å²) < 4.78 is 0. The molecule has 2 heterocycles. The van der Waals surface area contributed by atoms with Crippen LogP contribution in [-0.4, -0.2) is 39.5 Å². The Kier molecular flexibility index (Phi) is 5.11. The van der Waals surface area contributed by atoms with E-state index in [1.165, 1.54) is 4.90 Å². The molecule has 20 heavy (non-hydrogen) atoms. The zero-order valence-electron chi connectivity index (χ0n) is 11.7. The number of carboxylic acid groups (broad SMARTS) is 1. The van der Waals surface area contributed by atoms with Crippen LogP contribution in [0.4, 0.5) is 0 Å². The van der Waals surface area contributed by atoms with Gasteiger partial charge in [0, 0.05) is 18.3 Å². The van der Waals surface area contributed by atoms with E-state index in [1.807, 2.05) is 12.3 Å². The Bertz CT molecular complexity index is 487. The third-order valence-electron chi connectivity index (χ3n) is 3.60. The summed E-state index contributed by atoms with van der Waals surface area (Å²) in [6.07, 6.45) is 4.28. The molecule has 1 aliphatic rings. The molecule has 1 aliphatic heterocycles. The maximum Gasteiger partial charge on any atom is 0.326 e. The molecule has 0 radical (unpaired) electrons. The zero-order chi connectivity index (χ0) is 14.5. The van der Waals surface area contributed by atoms with Crippen LogP contribution in [0.3, 0.4) is 0 Å². The predicted molar refractivity (Wildman–Crippen MR) is 76.8 cm³/mol. The number of amides is 1. The number of thiazole rings is 1. The van der Waals surface area contributed by atoms with Gasteiger partial charge in [0.05, 0.1) is 10.7 Å². The average Bonchev–Trinajstić information content (AvgIpc) is 2.84. The number of nitrogens with zero attached hydrogens (tertiary/aromatic N) is 2. The summed E-state index contributed by atoms with van der Waals surface area (Å²) in [7, 11) is 0. The number of carboxylic acids is 1. The Balaban J connectivity index is 1.82. The smallest absolute Gasteiger partial charge is 0.326 e. The summed E-state index contributed by atoms with van der Waals surface area (Å²) in [4.78, 5) is 29.2. The number of aliphatic carboxylic acids is 1. The second kappa shape index (κ2) is 6.83. The first-order valence-electron chi connectivity index (χ1n) is 7.01. The molecule has 0 bridgehead atoms. The molecular formula is C14H20N2O3S. The maximum atomic E-state index is 12.2. The quantitative estimate of drug-likeness (QED) is 0.904. The molecule has 1 N–H and O–H groups in total. The average molecular weight is 296 g/mol. The van der Waals surface area contributed by atoms with Crippen molar-refractivity contribution in [2.45, 2.75) is 51.5 Å². The molecule has 0 aliphatic carbocycles. The Hall–Kier alpha value is -1.43. The molecule has 2 rings (SSSR count). The van der Waals surface area contributed by atoms with E-state index in [9.17, 15) is 9.59 Å². The highest BCUT2D eigenvalue weighted by Gasteiger charge is 2.31. The van der Waals surface area contributed by atoms with Gasteiger partial charge < -0.3 is 10.0 Å². The fourth-order valence-electron chi connectivity index (χ4n) is 2.57. The Morgan fingerprint density at radius 3 is 2.95 bits per heavy atom. The lowest BCUT2D eigenvalue weighted by Gasteiger charge is -2.33. The van der Waals surface area contributed by atoms with Crippen molar-refractivity contribution in [2.75, 3.05) is 6.54 Å². The highest BCUT2D eigenvalue weighted by atomic mass is 32.1. The molecule has 0 spiro atoms. The first-order chi connectivity index (χ1) is 9.58. The predicted octanol–water partition coefficient (Wildman–Crippen LogP) is 2.24. The second-order valence-corrected chi connectivity index (χ2v) is 6.21. The summed E-state index contributed by atoms with van der Waals surface area (Å²) in [6, 6.07) is -0.627. The fraction of sp³-hybridized carbons (Fsp3) is 0.643. The maximum absolute atomic E-state index is 12.2. The van der Waals surface area contributed by atoms with Gasteiger partial charge in [0.25, 0.3) is 0 Å². The third-order valence-corrected chi connectivity index (χ3v) is 4.42. The van der Waals surface area contributed by atoms with Gasteiger partial charge in [0.2, 0.25) is 5.91 Å².